The minimum absolute atomic E-state index is 0.0122. The molecule has 4 nitrogen and oxygen atoms in total. The zero-order valence-electron chi connectivity index (χ0n) is 10.2. The number of amides is 1. The number of aryl methyl sites for hydroxylation is 1. The van der Waals surface area contributed by atoms with Crippen LogP contribution >= 0.6 is 0 Å². The highest BCUT2D eigenvalue weighted by Crippen LogP contribution is 2.05. The Kier molecular flexibility index (Phi) is 4.92. The third-order valence-corrected chi connectivity index (χ3v) is 2.44. The molecule has 0 spiro atoms. The Balaban J connectivity index is 2.51. The molecule has 0 aliphatic rings. The van der Waals surface area contributed by atoms with Crippen LogP contribution in [0.4, 0.5) is 5.82 Å². The summed E-state index contributed by atoms with van der Waals surface area (Å²) in [5.74, 6) is 0.610. The predicted molar refractivity (Wildman–Crippen MR) is 65.4 cm³/mol. The molecule has 0 unspecified atom stereocenters. The summed E-state index contributed by atoms with van der Waals surface area (Å²) in [5.41, 5.74) is 1.09. The maximum absolute atomic E-state index is 11.7. The number of pyridine rings is 1. The van der Waals surface area contributed by atoms with Crippen LogP contribution in [-0.4, -0.2) is 35.4 Å². The zero-order chi connectivity index (χ0) is 12.0. The molecular formula is C12H19N3O. The molecule has 0 bridgehead atoms. The molecular weight excluding hydrogens is 202 g/mol. The number of rotatable bonds is 5. The highest BCUT2D eigenvalue weighted by Gasteiger charge is 2.07. The molecule has 1 N–H and O–H groups in total. The van der Waals surface area contributed by atoms with Crippen LogP contribution in [0.15, 0.2) is 18.3 Å². The minimum atomic E-state index is -0.0122. The van der Waals surface area contributed by atoms with Gasteiger partial charge < -0.3 is 5.32 Å². The molecule has 16 heavy (non-hydrogen) atoms. The van der Waals surface area contributed by atoms with Crippen molar-refractivity contribution in [3.63, 3.8) is 0 Å². The zero-order valence-corrected chi connectivity index (χ0v) is 10.2. The summed E-state index contributed by atoms with van der Waals surface area (Å²) in [6, 6.07) is 3.76. The molecule has 1 aromatic rings. The first-order valence-electron chi connectivity index (χ1n) is 5.60. The van der Waals surface area contributed by atoms with Crippen LogP contribution in [-0.2, 0) is 4.79 Å². The van der Waals surface area contributed by atoms with E-state index < -0.39 is 0 Å². The van der Waals surface area contributed by atoms with E-state index in [1.165, 1.54) is 0 Å². The topological polar surface area (TPSA) is 45.2 Å². The van der Waals surface area contributed by atoms with Gasteiger partial charge in [-0.25, -0.2) is 4.98 Å². The number of carbonyl (C=O) groups is 1. The average Bonchev–Trinajstić information content (AvgIpc) is 2.26. The number of hydrogen-bond acceptors (Lipinski definition) is 3. The van der Waals surface area contributed by atoms with Crippen molar-refractivity contribution in [3.05, 3.63) is 23.9 Å². The highest BCUT2D eigenvalue weighted by molar-refractivity contribution is 5.91. The molecule has 0 aromatic carbocycles. The van der Waals surface area contributed by atoms with Gasteiger partial charge in [0.15, 0.2) is 0 Å². The van der Waals surface area contributed by atoms with Crippen LogP contribution in [0.1, 0.15) is 19.4 Å². The maximum atomic E-state index is 11.7. The molecule has 0 saturated carbocycles. The Morgan fingerprint density at radius 3 is 2.69 bits per heavy atom. The van der Waals surface area contributed by atoms with E-state index >= 15 is 0 Å². The number of anilines is 1. The Labute approximate surface area is 96.7 Å². The van der Waals surface area contributed by atoms with Gasteiger partial charge in [0.1, 0.15) is 5.82 Å². The van der Waals surface area contributed by atoms with Gasteiger partial charge in [-0.15, -0.1) is 0 Å². The summed E-state index contributed by atoms with van der Waals surface area (Å²) < 4.78 is 0. The van der Waals surface area contributed by atoms with Gasteiger partial charge in [-0.05, 0) is 37.7 Å². The van der Waals surface area contributed by atoms with E-state index in [-0.39, 0.29) is 5.91 Å². The molecule has 0 atom stereocenters. The van der Waals surface area contributed by atoms with Gasteiger partial charge in [-0.1, -0.05) is 13.8 Å². The summed E-state index contributed by atoms with van der Waals surface area (Å²) in [6.07, 6.45) is 1.70. The van der Waals surface area contributed by atoms with E-state index in [0.717, 1.165) is 18.7 Å². The van der Waals surface area contributed by atoms with Crippen molar-refractivity contribution < 1.29 is 4.79 Å². The molecule has 1 aromatic heterocycles. The predicted octanol–water partition coefficient (Wildman–Crippen LogP) is 1.67. The lowest BCUT2D eigenvalue weighted by atomic mass is 10.3. The lowest BCUT2D eigenvalue weighted by Crippen LogP contribution is -2.33. The first kappa shape index (κ1) is 12.6. The molecule has 1 heterocycles. The summed E-state index contributed by atoms with van der Waals surface area (Å²) in [5, 5.41) is 2.79. The lowest BCUT2D eigenvalue weighted by molar-refractivity contribution is -0.117. The number of nitrogens with one attached hydrogen (secondary N) is 1. The SMILES string of the molecule is CCN(CC)CC(=O)Nc1cc(C)ccn1. The molecule has 0 fully saturated rings. The van der Waals surface area contributed by atoms with Gasteiger partial charge in [0.2, 0.25) is 5.91 Å². The van der Waals surface area contributed by atoms with E-state index in [1.54, 1.807) is 6.20 Å². The number of likely N-dealkylation sites (N-methyl/N-ethyl adjacent to an activating group) is 1. The van der Waals surface area contributed by atoms with E-state index in [9.17, 15) is 4.79 Å². The second-order valence-electron chi connectivity index (χ2n) is 3.73. The van der Waals surface area contributed by atoms with Gasteiger partial charge in [-0.3, -0.25) is 9.69 Å². The second kappa shape index (κ2) is 6.23. The third-order valence-electron chi connectivity index (χ3n) is 2.44. The van der Waals surface area contributed by atoms with E-state index in [1.807, 2.05) is 32.9 Å². The molecule has 4 heteroatoms. The van der Waals surface area contributed by atoms with Crippen LogP contribution in [0.5, 0.6) is 0 Å². The fraction of sp³-hybridized carbons (Fsp3) is 0.500. The molecule has 0 saturated heterocycles. The molecule has 0 radical (unpaired) electrons. The van der Waals surface area contributed by atoms with Gasteiger partial charge in [0, 0.05) is 6.20 Å². The molecule has 88 valence electrons. The smallest absolute Gasteiger partial charge is 0.239 e. The van der Waals surface area contributed by atoms with Crippen molar-refractivity contribution in [3.8, 4) is 0 Å². The standard InChI is InChI=1S/C12H19N3O/c1-4-15(5-2)9-12(16)14-11-8-10(3)6-7-13-11/h6-8H,4-5,9H2,1-3H3,(H,13,14,16). The normalized spacial score (nSPS) is 10.5. The van der Waals surface area contributed by atoms with Crippen LogP contribution < -0.4 is 5.32 Å². The Hall–Kier alpha value is -1.42. The van der Waals surface area contributed by atoms with Crippen LogP contribution in [0.25, 0.3) is 0 Å². The maximum Gasteiger partial charge on any atom is 0.239 e. The second-order valence-corrected chi connectivity index (χ2v) is 3.73. The fourth-order valence-electron chi connectivity index (χ4n) is 1.44. The van der Waals surface area contributed by atoms with Gasteiger partial charge in [-0.2, -0.15) is 0 Å². The molecule has 0 aliphatic carbocycles. The van der Waals surface area contributed by atoms with Crippen molar-refractivity contribution in [1.29, 1.82) is 0 Å². The van der Waals surface area contributed by atoms with Crippen LogP contribution in [0, 0.1) is 6.92 Å². The van der Waals surface area contributed by atoms with Crippen molar-refractivity contribution in [1.82, 2.24) is 9.88 Å². The Bertz CT molecular complexity index is 348. The van der Waals surface area contributed by atoms with E-state index in [2.05, 4.69) is 15.2 Å². The largest absolute Gasteiger partial charge is 0.310 e. The van der Waals surface area contributed by atoms with Crippen LogP contribution in [0.3, 0.4) is 0 Å². The first-order chi connectivity index (χ1) is 7.65. The molecule has 1 rings (SSSR count). The molecule has 0 aliphatic heterocycles. The summed E-state index contributed by atoms with van der Waals surface area (Å²) in [7, 11) is 0. The van der Waals surface area contributed by atoms with Gasteiger partial charge in [0.05, 0.1) is 6.54 Å². The number of aromatic nitrogens is 1. The lowest BCUT2D eigenvalue weighted by Gasteiger charge is -2.16. The highest BCUT2D eigenvalue weighted by atomic mass is 16.2. The summed E-state index contributed by atoms with van der Waals surface area (Å²) in [4.78, 5) is 17.8. The minimum Gasteiger partial charge on any atom is -0.310 e. The van der Waals surface area contributed by atoms with Crippen molar-refractivity contribution in [2.75, 3.05) is 25.0 Å². The number of nitrogens with zero attached hydrogens (tertiary/aromatic N) is 2. The quantitative estimate of drug-likeness (QED) is 0.822. The van der Waals surface area contributed by atoms with Crippen LogP contribution in [0.2, 0.25) is 0 Å². The number of carbonyl (C=O) groups excluding carboxylic acids is 1. The van der Waals surface area contributed by atoms with Gasteiger partial charge >= 0.3 is 0 Å². The third kappa shape index (κ3) is 3.98. The first-order valence-corrected chi connectivity index (χ1v) is 5.60. The Morgan fingerprint density at radius 2 is 2.12 bits per heavy atom. The van der Waals surface area contributed by atoms with Crippen molar-refractivity contribution in [2.24, 2.45) is 0 Å². The van der Waals surface area contributed by atoms with Crippen molar-refractivity contribution in [2.45, 2.75) is 20.8 Å². The monoisotopic (exact) mass is 221 g/mol. The number of hydrogen-bond donors (Lipinski definition) is 1. The van der Waals surface area contributed by atoms with E-state index in [0.29, 0.717) is 12.4 Å². The summed E-state index contributed by atoms with van der Waals surface area (Å²) in [6.45, 7) is 8.24. The van der Waals surface area contributed by atoms with E-state index in [4.69, 9.17) is 0 Å². The molecule has 1 amide bonds. The fourth-order valence-corrected chi connectivity index (χ4v) is 1.44. The summed E-state index contributed by atoms with van der Waals surface area (Å²) >= 11 is 0. The van der Waals surface area contributed by atoms with Gasteiger partial charge in [0.25, 0.3) is 0 Å². The van der Waals surface area contributed by atoms with Crippen molar-refractivity contribution >= 4 is 11.7 Å². The Morgan fingerprint density at radius 1 is 1.44 bits per heavy atom. The average molecular weight is 221 g/mol.